The van der Waals surface area contributed by atoms with Gasteiger partial charge < -0.3 is 10.1 Å². The second-order valence-corrected chi connectivity index (χ2v) is 6.79. The van der Waals surface area contributed by atoms with Crippen LogP contribution >= 0.6 is 11.8 Å². The molecule has 1 aliphatic rings. The van der Waals surface area contributed by atoms with E-state index in [1.165, 1.54) is 6.42 Å². The first-order chi connectivity index (χ1) is 10.1. The number of thioether (sulfide) groups is 1. The van der Waals surface area contributed by atoms with Crippen molar-refractivity contribution in [3.05, 3.63) is 6.07 Å². The Bertz CT molecular complexity index is 455. The van der Waals surface area contributed by atoms with Crippen molar-refractivity contribution < 1.29 is 4.74 Å². The third-order valence-corrected chi connectivity index (χ3v) is 4.81. The molecule has 0 aliphatic heterocycles. The highest BCUT2D eigenvalue weighted by Crippen LogP contribution is 2.32. The molecule has 1 aromatic heterocycles. The van der Waals surface area contributed by atoms with Crippen LogP contribution in [0.15, 0.2) is 11.2 Å². The molecule has 0 spiro atoms. The minimum Gasteiger partial charge on any atom is -0.474 e. The van der Waals surface area contributed by atoms with Gasteiger partial charge in [0.15, 0.2) is 5.16 Å². The molecule has 0 saturated heterocycles. The highest BCUT2D eigenvalue weighted by atomic mass is 32.2. The molecule has 1 aromatic rings. The Morgan fingerprint density at radius 2 is 2.10 bits per heavy atom. The smallest absolute Gasteiger partial charge is 0.219 e. The minimum absolute atomic E-state index is 0.292. The summed E-state index contributed by atoms with van der Waals surface area (Å²) in [5, 5.41) is 4.09. The highest BCUT2D eigenvalue weighted by molar-refractivity contribution is 7.98. The predicted molar refractivity (Wildman–Crippen MR) is 89.2 cm³/mol. The molecule has 1 N–H and O–H groups in total. The van der Waals surface area contributed by atoms with E-state index in [4.69, 9.17) is 4.74 Å². The van der Waals surface area contributed by atoms with E-state index < -0.39 is 0 Å². The third kappa shape index (κ3) is 4.77. The van der Waals surface area contributed by atoms with Crippen LogP contribution < -0.4 is 10.1 Å². The lowest BCUT2D eigenvalue weighted by Crippen LogP contribution is -2.29. The van der Waals surface area contributed by atoms with Gasteiger partial charge in [-0.15, -0.1) is 0 Å². The van der Waals surface area contributed by atoms with Crippen molar-refractivity contribution in [3.8, 4) is 5.88 Å². The van der Waals surface area contributed by atoms with E-state index in [9.17, 15) is 0 Å². The summed E-state index contributed by atoms with van der Waals surface area (Å²) < 4.78 is 6.13. The van der Waals surface area contributed by atoms with Gasteiger partial charge in [0.2, 0.25) is 5.88 Å². The number of ether oxygens (including phenoxy) is 1. The number of hydrogen-bond acceptors (Lipinski definition) is 5. The molecule has 3 atom stereocenters. The monoisotopic (exact) mass is 309 g/mol. The Labute approximate surface area is 132 Å². The maximum atomic E-state index is 6.13. The van der Waals surface area contributed by atoms with E-state index >= 15 is 0 Å². The first-order valence-corrected chi connectivity index (χ1v) is 9.18. The van der Waals surface area contributed by atoms with Gasteiger partial charge in [-0.1, -0.05) is 32.5 Å². The molecule has 0 bridgehead atoms. The molecule has 5 heteroatoms. The van der Waals surface area contributed by atoms with E-state index in [-0.39, 0.29) is 0 Å². The summed E-state index contributed by atoms with van der Waals surface area (Å²) in [6.45, 7) is 7.72. The van der Waals surface area contributed by atoms with Gasteiger partial charge in [0.25, 0.3) is 0 Å². The average molecular weight is 309 g/mol. The van der Waals surface area contributed by atoms with E-state index in [2.05, 4.69) is 36.1 Å². The standard InChI is InChI=1S/C16H27N3OS/c1-5-8-17-14-10-15(19-16(18-14)21-4)20-13-7-6-11(2)12(3)9-13/h10-13H,5-9H2,1-4H3,(H,17,18,19). The summed E-state index contributed by atoms with van der Waals surface area (Å²) in [6, 6.07) is 1.93. The Hall–Kier alpha value is -0.970. The summed E-state index contributed by atoms with van der Waals surface area (Å²) in [5.74, 6) is 3.10. The number of rotatable bonds is 6. The summed E-state index contributed by atoms with van der Waals surface area (Å²) in [7, 11) is 0. The maximum absolute atomic E-state index is 6.13. The second kappa shape index (κ2) is 7.87. The van der Waals surface area contributed by atoms with Crippen LogP contribution in [0.25, 0.3) is 0 Å². The van der Waals surface area contributed by atoms with Gasteiger partial charge in [-0.3, -0.25) is 0 Å². The fraction of sp³-hybridized carbons (Fsp3) is 0.750. The number of anilines is 1. The van der Waals surface area contributed by atoms with Gasteiger partial charge in [0, 0.05) is 12.6 Å². The van der Waals surface area contributed by atoms with Crippen molar-refractivity contribution in [1.29, 1.82) is 0 Å². The van der Waals surface area contributed by atoms with Crippen LogP contribution in [0.3, 0.4) is 0 Å². The fourth-order valence-corrected chi connectivity index (χ4v) is 3.05. The van der Waals surface area contributed by atoms with Gasteiger partial charge in [-0.05, 0) is 43.8 Å². The molecule has 1 fully saturated rings. The molecule has 21 heavy (non-hydrogen) atoms. The van der Waals surface area contributed by atoms with Crippen LogP contribution in [0.1, 0.15) is 46.5 Å². The Morgan fingerprint density at radius 1 is 1.29 bits per heavy atom. The Morgan fingerprint density at radius 3 is 2.76 bits per heavy atom. The first kappa shape index (κ1) is 16.4. The number of nitrogens with one attached hydrogen (secondary N) is 1. The molecular formula is C16H27N3OS. The largest absolute Gasteiger partial charge is 0.474 e. The first-order valence-electron chi connectivity index (χ1n) is 7.96. The molecule has 118 valence electrons. The van der Waals surface area contributed by atoms with Crippen LogP contribution in [-0.4, -0.2) is 28.9 Å². The van der Waals surface area contributed by atoms with E-state index in [1.807, 2.05) is 12.3 Å². The summed E-state index contributed by atoms with van der Waals surface area (Å²) >= 11 is 1.55. The Balaban J connectivity index is 2.04. The zero-order valence-corrected chi connectivity index (χ0v) is 14.4. The minimum atomic E-state index is 0.292. The second-order valence-electron chi connectivity index (χ2n) is 6.01. The average Bonchev–Trinajstić information content (AvgIpc) is 2.48. The van der Waals surface area contributed by atoms with Gasteiger partial charge >= 0.3 is 0 Å². The number of aromatic nitrogens is 2. The Kier molecular flexibility index (Phi) is 6.15. The molecule has 0 radical (unpaired) electrons. The molecule has 0 amide bonds. The third-order valence-electron chi connectivity index (χ3n) is 4.26. The van der Waals surface area contributed by atoms with Crippen LogP contribution in [0.2, 0.25) is 0 Å². The van der Waals surface area contributed by atoms with E-state index in [1.54, 1.807) is 11.8 Å². The molecule has 4 nitrogen and oxygen atoms in total. The molecule has 1 heterocycles. The summed E-state index contributed by atoms with van der Waals surface area (Å²) in [4.78, 5) is 8.96. The summed E-state index contributed by atoms with van der Waals surface area (Å²) in [6.07, 6.45) is 6.85. The zero-order chi connectivity index (χ0) is 15.2. The van der Waals surface area contributed by atoms with Gasteiger partial charge in [-0.2, -0.15) is 4.98 Å². The van der Waals surface area contributed by atoms with Crippen molar-refractivity contribution >= 4 is 17.6 Å². The predicted octanol–water partition coefficient (Wildman–Crippen LogP) is 4.22. The zero-order valence-electron chi connectivity index (χ0n) is 13.6. The van der Waals surface area contributed by atoms with Crippen LogP contribution in [-0.2, 0) is 0 Å². The maximum Gasteiger partial charge on any atom is 0.219 e. The molecule has 3 unspecified atom stereocenters. The molecule has 1 aliphatic carbocycles. The number of nitrogens with zero attached hydrogens (tertiary/aromatic N) is 2. The quantitative estimate of drug-likeness (QED) is 0.629. The molecular weight excluding hydrogens is 282 g/mol. The van der Waals surface area contributed by atoms with Crippen molar-refractivity contribution in [2.24, 2.45) is 11.8 Å². The van der Waals surface area contributed by atoms with Crippen molar-refractivity contribution in [3.63, 3.8) is 0 Å². The van der Waals surface area contributed by atoms with Crippen LogP contribution in [0.5, 0.6) is 5.88 Å². The summed E-state index contributed by atoms with van der Waals surface area (Å²) in [5.41, 5.74) is 0. The van der Waals surface area contributed by atoms with Crippen LogP contribution in [0, 0.1) is 11.8 Å². The molecule has 1 saturated carbocycles. The van der Waals surface area contributed by atoms with E-state index in [0.29, 0.717) is 12.0 Å². The lowest BCUT2D eigenvalue weighted by molar-refractivity contribution is 0.0957. The van der Waals surface area contributed by atoms with E-state index in [0.717, 1.165) is 48.6 Å². The van der Waals surface area contributed by atoms with Gasteiger partial charge in [0.1, 0.15) is 11.9 Å². The van der Waals surface area contributed by atoms with Crippen molar-refractivity contribution in [1.82, 2.24) is 9.97 Å². The molecule has 0 aromatic carbocycles. The van der Waals surface area contributed by atoms with Crippen molar-refractivity contribution in [2.45, 2.75) is 57.7 Å². The van der Waals surface area contributed by atoms with Gasteiger partial charge in [0.05, 0.1) is 0 Å². The number of hydrogen-bond donors (Lipinski definition) is 1. The van der Waals surface area contributed by atoms with Gasteiger partial charge in [-0.25, -0.2) is 4.98 Å². The fourth-order valence-electron chi connectivity index (χ4n) is 2.68. The highest BCUT2D eigenvalue weighted by Gasteiger charge is 2.26. The van der Waals surface area contributed by atoms with Crippen molar-refractivity contribution in [2.75, 3.05) is 18.1 Å². The SMILES string of the molecule is CCCNc1cc(OC2CCC(C)C(C)C2)nc(SC)n1. The topological polar surface area (TPSA) is 47.0 Å². The van der Waals surface area contributed by atoms with Crippen LogP contribution in [0.4, 0.5) is 5.82 Å². The normalized spacial score (nSPS) is 25.6. The molecule has 2 rings (SSSR count). The lowest BCUT2D eigenvalue weighted by atomic mass is 9.80. The lowest BCUT2D eigenvalue weighted by Gasteiger charge is -2.32.